The van der Waals surface area contributed by atoms with Crippen molar-refractivity contribution in [2.45, 2.75) is 64.2 Å². The molecule has 19 heavy (non-hydrogen) atoms. The summed E-state index contributed by atoms with van der Waals surface area (Å²) in [7, 11) is -2.96. The highest BCUT2D eigenvalue weighted by molar-refractivity contribution is 7.91. The fourth-order valence-corrected chi connectivity index (χ4v) is 4.79. The molecule has 0 aromatic rings. The third-order valence-corrected chi connectivity index (χ3v) is 6.15. The maximum atomic E-state index is 12.6. The molecule has 3 unspecified atom stereocenters. The standard InChI is InChI=1S/C13H24N2O3S/c1-4-6-11-14-13(3,5-2)12(16)15(11)10-7-8-19(17,18)9-10/h10-11,14H,4-9H2,1-3H3. The van der Waals surface area contributed by atoms with Crippen LogP contribution in [0.4, 0.5) is 0 Å². The molecule has 0 radical (unpaired) electrons. The van der Waals surface area contributed by atoms with Crippen molar-refractivity contribution in [1.82, 2.24) is 10.2 Å². The molecule has 0 spiro atoms. The van der Waals surface area contributed by atoms with Gasteiger partial charge in [0.1, 0.15) is 0 Å². The predicted molar refractivity (Wildman–Crippen MR) is 74.4 cm³/mol. The smallest absolute Gasteiger partial charge is 0.244 e. The van der Waals surface area contributed by atoms with E-state index >= 15 is 0 Å². The lowest BCUT2D eigenvalue weighted by molar-refractivity contribution is -0.134. The van der Waals surface area contributed by atoms with E-state index in [1.165, 1.54) is 0 Å². The molecule has 2 rings (SSSR count). The first-order chi connectivity index (χ1) is 8.83. The van der Waals surface area contributed by atoms with E-state index in [1.807, 2.05) is 18.7 Å². The van der Waals surface area contributed by atoms with Gasteiger partial charge in [-0.2, -0.15) is 0 Å². The van der Waals surface area contributed by atoms with Crippen molar-refractivity contribution in [1.29, 1.82) is 0 Å². The van der Waals surface area contributed by atoms with E-state index < -0.39 is 15.4 Å². The minimum absolute atomic E-state index is 0.0132. The lowest BCUT2D eigenvalue weighted by atomic mass is 9.99. The topological polar surface area (TPSA) is 66.5 Å². The maximum absolute atomic E-state index is 12.6. The average molecular weight is 288 g/mol. The molecule has 2 aliphatic heterocycles. The number of nitrogens with zero attached hydrogens (tertiary/aromatic N) is 1. The van der Waals surface area contributed by atoms with Crippen LogP contribution < -0.4 is 5.32 Å². The summed E-state index contributed by atoms with van der Waals surface area (Å²) in [6, 6.07) is -0.144. The molecule has 0 aromatic carbocycles. The van der Waals surface area contributed by atoms with Gasteiger partial charge in [-0.1, -0.05) is 20.3 Å². The Morgan fingerprint density at radius 2 is 2.11 bits per heavy atom. The van der Waals surface area contributed by atoms with Gasteiger partial charge in [0.2, 0.25) is 5.91 Å². The van der Waals surface area contributed by atoms with Crippen LogP contribution in [0.25, 0.3) is 0 Å². The number of hydrogen-bond donors (Lipinski definition) is 1. The summed E-state index contributed by atoms with van der Waals surface area (Å²) in [6.07, 6.45) is 3.14. The summed E-state index contributed by atoms with van der Waals surface area (Å²) in [4.78, 5) is 14.4. The van der Waals surface area contributed by atoms with Crippen LogP contribution in [0, 0.1) is 0 Å². The fraction of sp³-hybridized carbons (Fsp3) is 0.923. The van der Waals surface area contributed by atoms with Gasteiger partial charge >= 0.3 is 0 Å². The van der Waals surface area contributed by atoms with Gasteiger partial charge in [-0.25, -0.2) is 8.42 Å². The summed E-state index contributed by atoms with van der Waals surface area (Å²) >= 11 is 0. The Kier molecular flexibility index (Phi) is 3.93. The summed E-state index contributed by atoms with van der Waals surface area (Å²) in [5, 5.41) is 3.40. The monoisotopic (exact) mass is 288 g/mol. The lowest BCUT2D eigenvalue weighted by Crippen LogP contribution is -2.45. The van der Waals surface area contributed by atoms with Gasteiger partial charge in [0.05, 0.1) is 23.2 Å². The third kappa shape index (κ3) is 2.65. The quantitative estimate of drug-likeness (QED) is 0.834. The van der Waals surface area contributed by atoms with E-state index in [4.69, 9.17) is 0 Å². The molecule has 2 fully saturated rings. The van der Waals surface area contributed by atoms with Gasteiger partial charge < -0.3 is 4.90 Å². The van der Waals surface area contributed by atoms with Gasteiger partial charge in [-0.3, -0.25) is 10.1 Å². The molecule has 0 bridgehead atoms. The van der Waals surface area contributed by atoms with E-state index in [2.05, 4.69) is 12.2 Å². The van der Waals surface area contributed by atoms with Gasteiger partial charge in [0, 0.05) is 6.04 Å². The van der Waals surface area contributed by atoms with Crippen LogP contribution in [0.2, 0.25) is 0 Å². The SMILES string of the molecule is CCCC1NC(C)(CC)C(=O)N1C1CCS(=O)(=O)C1. The van der Waals surface area contributed by atoms with Crippen LogP contribution in [0.15, 0.2) is 0 Å². The first-order valence-corrected chi connectivity index (χ1v) is 8.96. The Labute approximate surface area is 115 Å². The van der Waals surface area contributed by atoms with Crippen molar-refractivity contribution >= 4 is 15.7 Å². The van der Waals surface area contributed by atoms with Crippen molar-refractivity contribution in [2.75, 3.05) is 11.5 Å². The number of amides is 1. The van der Waals surface area contributed by atoms with E-state index in [-0.39, 0.29) is 29.6 Å². The third-order valence-electron chi connectivity index (χ3n) is 4.40. The van der Waals surface area contributed by atoms with Crippen LogP contribution in [-0.4, -0.2) is 48.5 Å². The molecule has 0 aliphatic carbocycles. The van der Waals surface area contributed by atoms with E-state index in [0.717, 1.165) is 19.3 Å². The zero-order chi connectivity index (χ0) is 14.3. The highest BCUT2D eigenvalue weighted by Crippen LogP contribution is 2.31. The molecular weight excluding hydrogens is 264 g/mol. The Morgan fingerprint density at radius 1 is 1.42 bits per heavy atom. The molecule has 0 saturated carbocycles. The van der Waals surface area contributed by atoms with Gasteiger partial charge in [-0.05, 0) is 26.2 Å². The number of carbonyl (C=O) groups is 1. The minimum atomic E-state index is -2.96. The van der Waals surface area contributed by atoms with Crippen molar-refractivity contribution < 1.29 is 13.2 Å². The normalized spacial score (nSPS) is 38.1. The van der Waals surface area contributed by atoms with Gasteiger partial charge in [-0.15, -0.1) is 0 Å². The molecule has 0 aromatic heterocycles. The van der Waals surface area contributed by atoms with Gasteiger partial charge in [0.15, 0.2) is 9.84 Å². The van der Waals surface area contributed by atoms with Gasteiger partial charge in [0.25, 0.3) is 0 Å². The average Bonchev–Trinajstić information content (AvgIpc) is 2.80. The fourth-order valence-electron chi connectivity index (χ4n) is 3.08. The summed E-state index contributed by atoms with van der Waals surface area (Å²) in [5.74, 6) is 0.402. The molecule has 2 saturated heterocycles. The molecule has 5 nitrogen and oxygen atoms in total. The molecule has 6 heteroatoms. The molecule has 110 valence electrons. The van der Waals surface area contributed by atoms with Crippen LogP contribution in [0.1, 0.15) is 46.5 Å². The van der Waals surface area contributed by atoms with Crippen molar-refractivity contribution in [3.8, 4) is 0 Å². The molecule has 3 atom stereocenters. The van der Waals surface area contributed by atoms with E-state index in [0.29, 0.717) is 6.42 Å². The zero-order valence-corrected chi connectivity index (χ0v) is 12.8. The zero-order valence-electron chi connectivity index (χ0n) is 12.0. The largest absolute Gasteiger partial charge is 0.322 e. The van der Waals surface area contributed by atoms with E-state index in [9.17, 15) is 13.2 Å². The minimum Gasteiger partial charge on any atom is -0.322 e. The first-order valence-electron chi connectivity index (χ1n) is 7.14. The Morgan fingerprint density at radius 3 is 2.58 bits per heavy atom. The summed E-state index contributed by atoms with van der Waals surface area (Å²) < 4.78 is 23.3. The van der Waals surface area contributed by atoms with Crippen molar-refractivity contribution in [3.63, 3.8) is 0 Å². The number of rotatable bonds is 4. The Bertz CT molecular complexity index is 463. The lowest BCUT2D eigenvalue weighted by Gasteiger charge is -2.29. The van der Waals surface area contributed by atoms with Crippen LogP contribution in [0.3, 0.4) is 0 Å². The highest BCUT2D eigenvalue weighted by atomic mass is 32.2. The Hall–Kier alpha value is -0.620. The number of sulfone groups is 1. The molecule has 1 N–H and O–H groups in total. The Balaban J connectivity index is 2.23. The summed E-state index contributed by atoms with van der Waals surface area (Å²) in [6.45, 7) is 5.99. The van der Waals surface area contributed by atoms with E-state index in [1.54, 1.807) is 0 Å². The van der Waals surface area contributed by atoms with Crippen molar-refractivity contribution in [3.05, 3.63) is 0 Å². The van der Waals surface area contributed by atoms with Crippen molar-refractivity contribution in [2.24, 2.45) is 0 Å². The van der Waals surface area contributed by atoms with Crippen LogP contribution in [0.5, 0.6) is 0 Å². The molecule has 2 heterocycles. The summed E-state index contributed by atoms with van der Waals surface area (Å²) in [5.41, 5.74) is -0.536. The maximum Gasteiger partial charge on any atom is 0.244 e. The second kappa shape index (κ2) is 5.05. The van der Waals surface area contributed by atoms with Crippen LogP contribution in [-0.2, 0) is 14.6 Å². The first kappa shape index (κ1) is 14.8. The molecule has 1 amide bonds. The molecular formula is C13H24N2O3S. The predicted octanol–water partition coefficient (Wildman–Crippen LogP) is 0.900. The van der Waals surface area contributed by atoms with Crippen LogP contribution >= 0.6 is 0 Å². The number of nitrogens with one attached hydrogen (secondary N) is 1. The number of carbonyl (C=O) groups excluding carboxylic acids is 1. The second-order valence-corrected chi connectivity index (χ2v) is 8.13. The second-order valence-electron chi connectivity index (χ2n) is 5.90. The molecule has 2 aliphatic rings. The highest BCUT2D eigenvalue weighted by Gasteiger charge is 2.50. The number of hydrogen-bond acceptors (Lipinski definition) is 4.